The normalized spacial score (nSPS) is 15.8. The Morgan fingerprint density at radius 1 is 1.29 bits per heavy atom. The molecule has 5 nitrogen and oxygen atoms in total. The van der Waals surface area contributed by atoms with Gasteiger partial charge in [0.25, 0.3) is 0 Å². The third-order valence-corrected chi connectivity index (χ3v) is 6.17. The molecule has 0 saturated carbocycles. The molecule has 28 heavy (non-hydrogen) atoms. The van der Waals surface area contributed by atoms with Crippen LogP contribution in [-0.2, 0) is 13.0 Å². The summed E-state index contributed by atoms with van der Waals surface area (Å²) in [7, 11) is 4.03. The van der Waals surface area contributed by atoms with Gasteiger partial charge in [0, 0.05) is 12.5 Å². The molecule has 0 radical (unpaired) electrons. The molecule has 7 heteroatoms. The molecule has 1 aromatic heterocycles. The van der Waals surface area contributed by atoms with E-state index in [1.807, 2.05) is 50.5 Å². The molecule has 0 unspecified atom stereocenters. The average molecular weight is 417 g/mol. The second-order valence-electron chi connectivity index (χ2n) is 7.28. The molecular formula is C21H21ClN2O3S. The molecule has 2 N–H and O–H groups in total. The maximum atomic E-state index is 11.5. The minimum atomic E-state index is -0.228. The lowest BCUT2D eigenvalue weighted by Crippen LogP contribution is -2.10. The number of aromatic amines is 1. The van der Waals surface area contributed by atoms with E-state index in [4.69, 9.17) is 16.3 Å². The van der Waals surface area contributed by atoms with Gasteiger partial charge in [-0.25, -0.2) is 0 Å². The first-order valence-electron chi connectivity index (χ1n) is 9.06. The van der Waals surface area contributed by atoms with Crippen molar-refractivity contribution < 1.29 is 9.84 Å². The summed E-state index contributed by atoms with van der Waals surface area (Å²) in [5.41, 5.74) is 3.43. The monoisotopic (exact) mass is 416 g/mol. The number of aromatic nitrogens is 1. The molecule has 0 amide bonds. The van der Waals surface area contributed by atoms with Crippen molar-refractivity contribution in [2.24, 2.45) is 0 Å². The number of aryl methyl sites for hydroxylation is 1. The van der Waals surface area contributed by atoms with Gasteiger partial charge in [0.2, 0.25) is 5.88 Å². The fraction of sp³-hybridized carbons (Fsp3) is 0.286. The fourth-order valence-corrected chi connectivity index (χ4v) is 4.84. The summed E-state index contributed by atoms with van der Waals surface area (Å²) >= 11 is 7.48. The Balaban J connectivity index is 1.56. The van der Waals surface area contributed by atoms with Crippen molar-refractivity contribution >= 4 is 22.9 Å². The maximum absolute atomic E-state index is 11.5. The van der Waals surface area contributed by atoms with E-state index < -0.39 is 0 Å². The van der Waals surface area contributed by atoms with E-state index in [0.29, 0.717) is 15.6 Å². The van der Waals surface area contributed by atoms with Gasteiger partial charge in [-0.2, -0.15) is 0 Å². The number of thiazole rings is 1. The lowest BCUT2D eigenvalue weighted by Gasteiger charge is -2.14. The van der Waals surface area contributed by atoms with Crippen LogP contribution in [0.1, 0.15) is 33.9 Å². The van der Waals surface area contributed by atoms with Crippen LogP contribution in [0.2, 0.25) is 5.02 Å². The van der Waals surface area contributed by atoms with Gasteiger partial charge >= 0.3 is 4.87 Å². The SMILES string of the molecule is CN(C)Cc1ccc(Oc2ccc3c(c2)CC[C@H]3c2sc(=O)[nH]c2O)c(Cl)c1. The largest absolute Gasteiger partial charge is 0.494 e. The number of aromatic hydroxyl groups is 1. The number of H-pyrrole nitrogens is 1. The lowest BCUT2D eigenvalue weighted by molar-refractivity contribution is 0.402. The molecule has 0 spiro atoms. The number of fused-ring (bicyclic) bond motifs is 1. The molecule has 1 aliphatic carbocycles. The van der Waals surface area contributed by atoms with Crippen LogP contribution in [0.5, 0.6) is 17.4 Å². The van der Waals surface area contributed by atoms with Crippen molar-refractivity contribution in [1.29, 1.82) is 0 Å². The van der Waals surface area contributed by atoms with Crippen molar-refractivity contribution in [3.8, 4) is 17.4 Å². The number of nitrogens with one attached hydrogen (secondary N) is 1. The quantitative estimate of drug-likeness (QED) is 0.631. The number of halogens is 1. The van der Waals surface area contributed by atoms with Crippen LogP contribution in [0.25, 0.3) is 0 Å². The Bertz CT molecular complexity index is 1070. The Hall–Kier alpha value is -2.28. The Morgan fingerprint density at radius 3 is 2.79 bits per heavy atom. The average Bonchev–Trinajstić information content (AvgIpc) is 3.18. The van der Waals surface area contributed by atoms with E-state index in [2.05, 4.69) is 9.88 Å². The highest BCUT2D eigenvalue weighted by Crippen LogP contribution is 2.43. The summed E-state index contributed by atoms with van der Waals surface area (Å²) < 4.78 is 6.01. The van der Waals surface area contributed by atoms with Gasteiger partial charge < -0.3 is 14.7 Å². The van der Waals surface area contributed by atoms with Gasteiger partial charge in [-0.3, -0.25) is 9.78 Å². The van der Waals surface area contributed by atoms with E-state index in [0.717, 1.165) is 47.6 Å². The molecule has 146 valence electrons. The van der Waals surface area contributed by atoms with Gasteiger partial charge in [-0.05, 0) is 67.9 Å². The van der Waals surface area contributed by atoms with Gasteiger partial charge in [-0.1, -0.05) is 35.1 Å². The first kappa shape index (κ1) is 19.1. The van der Waals surface area contributed by atoms with Gasteiger partial charge in [0.1, 0.15) is 11.5 Å². The van der Waals surface area contributed by atoms with Crippen molar-refractivity contribution in [2.45, 2.75) is 25.3 Å². The summed E-state index contributed by atoms with van der Waals surface area (Å²) in [5.74, 6) is 1.38. The Labute approximate surface area is 172 Å². The van der Waals surface area contributed by atoms with E-state index >= 15 is 0 Å². The van der Waals surface area contributed by atoms with Crippen molar-refractivity contribution in [3.63, 3.8) is 0 Å². The van der Waals surface area contributed by atoms with Crippen LogP contribution in [0.4, 0.5) is 0 Å². The van der Waals surface area contributed by atoms with E-state index in [1.165, 1.54) is 5.56 Å². The van der Waals surface area contributed by atoms with Crippen LogP contribution >= 0.6 is 22.9 Å². The molecule has 3 aromatic rings. The number of rotatable bonds is 5. The highest BCUT2D eigenvalue weighted by molar-refractivity contribution is 7.09. The number of hydrogen-bond donors (Lipinski definition) is 2. The zero-order valence-corrected chi connectivity index (χ0v) is 17.2. The Morgan fingerprint density at radius 2 is 2.11 bits per heavy atom. The standard InChI is InChI=1S/C21H21ClN2O3S/c1-24(2)11-12-3-8-18(17(22)9-12)27-14-5-7-15-13(10-14)4-6-16(15)19-20(25)23-21(26)28-19/h3,5,7-10,16,25H,4,6,11H2,1-2H3,(H,23,26)/t16-/m1/s1. The molecule has 0 fully saturated rings. The number of hydrogen-bond acceptors (Lipinski definition) is 5. The van der Waals surface area contributed by atoms with Crippen LogP contribution in [-0.4, -0.2) is 29.1 Å². The van der Waals surface area contributed by atoms with Crippen LogP contribution in [0.3, 0.4) is 0 Å². The number of ether oxygens (including phenoxy) is 1. The van der Waals surface area contributed by atoms with E-state index in [1.54, 1.807) is 0 Å². The topological polar surface area (TPSA) is 65.6 Å². The highest BCUT2D eigenvalue weighted by atomic mass is 35.5. The molecule has 4 rings (SSSR count). The van der Waals surface area contributed by atoms with Crippen LogP contribution < -0.4 is 9.61 Å². The van der Waals surface area contributed by atoms with Crippen molar-refractivity contribution in [2.75, 3.05) is 14.1 Å². The van der Waals surface area contributed by atoms with Crippen LogP contribution in [0.15, 0.2) is 41.2 Å². The third kappa shape index (κ3) is 3.81. The smallest absolute Gasteiger partial charge is 0.307 e. The molecule has 2 aromatic carbocycles. The first-order chi connectivity index (χ1) is 13.4. The summed E-state index contributed by atoms with van der Waals surface area (Å²) in [4.78, 5) is 16.5. The second-order valence-corrected chi connectivity index (χ2v) is 8.71. The van der Waals surface area contributed by atoms with Crippen LogP contribution in [0, 0.1) is 0 Å². The molecular weight excluding hydrogens is 396 g/mol. The minimum absolute atomic E-state index is 0.0160. The molecule has 1 aliphatic rings. The molecule has 0 aliphatic heterocycles. The van der Waals surface area contributed by atoms with E-state index in [9.17, 15) is 9.90 Å². The van der Waals surface area contributed by atoms with Gasteiger partial charge in [0.05, 0.1) is 9.90 Å². The van der Waals surface area contributed by atoms with Gasteiger partial charge in [-0.15, -0.1) is 0 Å². The minimum Gasteiger partial charge on any atom is -0.494 e. The first-order valence-corrected chi connectivity index (χ1v) is 10.3. The van der Waals surface area contributed by atoms with E-state index in [-0.39, 0.29) is 16.7 Å². The van der Waals surface area contributed by atoms with Crippen molar-refractivity contribution in [3.05, 3.63) is 72.7 Å². The molecule has 1 atom stereocenters. The summed E-state index contributed by atoms with van der Waals surface area (Å²) in [6, 6.07) is 11.8. The number of nitrogens with zero attached hydrogens (tertiary/aromatic N) is 1. The van der Waals surface area contributed by atoms with Crippen molar-refractivity contribution in [1.82, 2.24) is 9.88 Å². The summed E-state index contributed by atoms with van der Waals surface area (Å²) in [6.45, 7) is 0.818. The Kier molecular flexibility index (Phi) is 5.19. The molecule has 1 heterocycles. The maximum Gasteiger partial charge on any atom is 0.307 e. The zero-order chi connectivity index (χ0) is 19.8. The zero-order valence-electron chi connectivity index (χ0n) is 15.7. The number of benzene rings is 2. The molecule has 0 bridgehead atoms. The lowest BCUT2D eigenvalue weighted by atomic mass is 10.00. The molecule has 0 saturated heterocycles. The summed E-state index contributed by atoms with van der Waals surface area (Å²) in [5, 5.41) is 10.6. The van der Waals surface area contributed by atoms with Gasteiger partial charge in [0.15, 0.2) is 0 Å². The summed E-state index contributed by atoms with van der Waals surface area (Å²) in [6.07, 6.45) is 1.73. The predicted molar refractivity (Wildman–Crippen MR) is 112 cm³/mol. The highest BCUT2D eigenvalue weighted by Gasteiger charge is 2.28. The second kappa shape index (κ2) is 7.62. The predicted octanol–water partition coefficient (Wildman–Crippen LogP) is 4.73. The third-order valence-electron chi connectivity index (χ3n) is 4.89. The fourth-order valence-electron chi connectivity index (χ4n) is 3.72.